The van der Waals surface area contributed by atoms with Gasteiger partial charge in [0.05, 0.1) is 23.7 Å². The molecule has 3 aromatic carbocycles. The van der Waals surface area contributed by atoms with Crippen LogP contribution in [0.5, 0.6) is 11.5 Å². The number of carboxylic acids is 1. The van der Waals surface area contributed by atoms with E-state index in [1.54, 1.807) is 42.6 Å². The van der Waals surface area contributed by atoms with Gasteiger partial charge in [-0.05, 0) is 91.9 Å². The third-order valence-corrected chi connectivity index (χ3v) is 6.14. The lowest BCUT2D eigenvalue weighted by atomic mass is 9.96. The molecule has 0 saturated heterocycles. The highest BCUT2D eigenvalue weighted by Gasteiger charge is 2.18. The second kappa shape index (κ2) is 11.3. The molecular weight excluding hydrogens is 482 g/mol. The summed E-state index contributed by atoms with van der Waals surface area (Å²) in [4.78, 5) is 29.5. The molecule has 4 aromatic rings. The van der Waals surface area contributed by atoms with Crippen molar-refractivity contribution < 1.29 is 19.4 Å². The Balaban J connectivity index is 1.82. The molecule has 0 aliphatic heterocycles. The molecule has 1 heterocycles. The van der Waals surface area contributed by atoms with Gasteiger partial charge in [0.15, 0.2) is 11.9 Å². The highest BCUT2D eigenvalue weighted by molar-refractivity contribution is 5.82. The van der Waals surface area contributed by atoms with E-state index >= 15 is 0 Å². The van der Waals surface area contributed by atoms with Gasteiger partial charge in [-0.2, -0.15) is 9.78 Å². The van der Waals surface area contributed by atoms with Crippen molar-refractivity contribution in [2.45, 2.75) is 46.6 Å². The molecule has 0 bridgehead atoms. The number of aromatic nitrogens is 2. The van der Waals surface area contributed by atoms with Gasteiger partial charge >= 0.3 is 5.97 Å². The zero-order valence-corrected chi connectivity index (χ0v) is 22.1. The Bertz CT molecular complexity index is 1560. The van der Waals surface area contributed by atoms with Crippen LogP contribution >= 0.6 is 0 Å². The van der Waals surface area contributed by atoms with Crippen LogP contribution in [0.3, 0.4) is 0 Å². The first-order chi connectivity index (χ1) is 18.2. The Hall–Kier alpha value is -4.46. The first-order valence-electron chi connectivity index (χ1n) is 12.5. The number of ether oxygens (including phenoxy) is 2. The number of hydrogen-bond donors (Lipinski definition) is 1. The average molecular weight is 514 g/mol. The smallest absolute Gasteiger partial charge is 0.344 e. The van der Waals surface area contributed by atoms with Gasteiger partial charge in [-0.15, -0.1) is 0 Å². The van der Waals surface area contributed by atoms with Crippen molar-refractivity contribution in [3.8, 4) is 22.9 Å². The van der Waals surface area contributed by atoms with Gasteiger partial charge in [-0.25, -0.2) is 9.78 Å². The van der Waals surface area contributed by atoms with Crippen molar-refractivity contribution in [2.24, 2.45) is 5.10 Å². The highest BCUT2D eigenvalue weighted by Crippen LogP contribution is 2.34. The van der Waals surface area contributed by atoms with Crippen LogP contribution in [-0.4, -0.2) is 39.7 Å². The van der Waals surface area contributed by atoms with Gasteiger partial charge in [0.2, 0.25) is 0 Å². The predicted molar refractivity (Wildman–Crippen MR) is 149 cm³/mol. The third kappa shape index (κ3) is 5.59. The molecule has 0 saturated carbocycles. The molecular formula is C30H31N3O5. The van der Waals surface area contributed by atoms with E-state index in [9.17, 15) is 9.59 Å². The lowest BCUT2D eigenvalue weighted by Gasteiger charge is -2.18. The number of fused-ring (bicyclic) bond motifs is 1. The topological polar surface area (TPSA) is 103 Å². The molecule has 4 rings (SSSR count). The monoisotopic (exact) mass is 513 g/mol. The molecule has 1 aromatic heterocycles. The number of hydrogen-bond acceptors (Lipinski definition) is 6. The van der Waals surface area contributed by atoms with Gasteiger partial charge in [0.25, 0.3) is 5.56 Å². The normalized spacial score (nSPS) is 12.3. The summed E-state index contributed by atoms with van der Waals surface area (Å²) in [6.07, 6.45) is 0.603. The molecule has 0 fully saturated rings. The summed E-state index contributed by atoms with van der Waals surface area (Å²) in [6, 6.07) is 18.0. The van der Waals surface area contributed by atoms with Gasteiger partial charge < -0.3 is 14.6 Å². The number of carbonyl (C=O) groups is 1. The average Bonchev–Trinajstić information content (AvgIpc) is 2.89. The molecule has 8 heteroatoms. The van der Waals surface area contributed by atoms with E-state index in [1.807, 2.05) is 38.1 Å². The standard InChI is InChI=1S/C30H31N3O5/c1-6-37-27-15-19(4)25(16-24(27)18(2)3)28-32-26-10-8-7-9-23(26)29(34)33(28)31-17-21-11-13-22(14-12-21)38-20(5)30(35)36/h7-18,20H,6H2,1-5H3,(H,35,36)/t20-/m0/s1. The summed E-state index contributed by atoms with van der Waals surface area (Å²) in [7, 11) is 0. The van der Waals surface area contributed by atoms with Crippen LogP contribution in [0.2, 0.25) is 0 Å². The minimum Gasteiger partial charge on any atom is -0.494 e. The summed E-state index contributed by atoms with van der Waals surface area (Å²) in [5.41, 5.74) is 3.75. The van der Waals surface area contributed by atoms with E-state index in [4.69, 9.17) is 19.6 Å². The molecule has 0 aliphatic carbocycles. The number of rotatable bonds is 9. The van der Waals surface area contributed by atoms with Crippen LogP contribution in [0, 0.1) is 6.92 Å². The van der Waals surface area contributed by atoms with Crippen molar-refractivity contribution in [1.82, 2.24) is 9.66 Å². The maximum absolute atomic E-state index is 13.6. The van der Waals surface area contributed by atoms with Gasteiger partial charge in [0.1, 0.15) is 11.5 Å². The number of nitrogens with zero attached hydrogens (tertiary/aromatic N) is 3. The number of benzene rings is 3. The predicted octanol–water partition coefficient (Wildman–Crippen LogP) is 5.63. The zero-order valence-electron chi connectivity index (χ0n) is 22.1. The summed E-state index contributed by atoms with van der Waals surface area (Å²) in [6.45, 7) is 10.1. The number of aliphatic carboxylic acids is 1. The molecule has 8 nitrogen and oxygen atoms in total. The van der Waals surface area contributed by atoms with E-state index < -0.39 is 12.1 Å². The molecule has 196 valence electrons. The van der Waals surface area contributed by atoms with Crippen molar-refractivity contribution >= 4 is 23.1 Å². The second-order valence-electron chi connectivity index (χ2n) is 9.27. The summed E-state index contributed by atoms with van der Waals surface area (Å²) >= 11 is 0. The molecule has 0 amide bonds. The fourth-order valence-corrected chi connectivity index (χ4v) is 4.09. The lowest BCUT2D eigenvalue weighted by molar-refractivity contribution is -0.144. The van der Waals surface area contributed by atoms with Gasteiger partial charge in [-0.1, -0.05) is 26.0 Å². The highest BCUT2D eigenvalue weighted by atomic mass is 16.5. The molecule has 0 unspecified atom stereocenters. The van der Waals surface area contributed by atoms with Gasteiger partial charge in [-0.3, -0.25) is 4.79 Å². The van der Waals surface area contributed by atoms with Crippen LogP contribution in [0.25, 0.3) is 22.3 Å². The van der Waals surface area contributed by atoms with Crippen LogP contribution in [-0.2, 0) is 4.79 Å². The first-order valence-corrected chi connectivity index (χ1v) is 12.5. The molecule has 0 radical (unpaired) electrons. The lowest BCUT2D eigenvalue weighted by Crippen LogP contribution is -2.22. The molecule has 1 N–H and O–H groups in total. The van der Waals surface area contributed by atoms with Crippen LogP contribution < -0.4 is 15.0 Å². The maximum Gasteiger partial charge on any atom is 0.344 e. The second-order valence-corrected chi connectivity index (χ2v) is 9.27. The molecule has 0 spiro atoms. The van der Waals surface area contributed by atoms with Crippen molar-refractivity contribution in [3.63, 3.8) is 0 Å². The Labute approximate surface area is 221 Å². The van der Waals surface area contributed by atoms with E-state index in [0.717, 1.165) is 22.4 Å². The first kappa shape index (κ1) is 26.6. The molecule has 38 heavy (non-hydrogen) atoms. The maximum atomic E-state index is 13.6. The Morgan fingerprint density at radius 1 is 1.11 bits per heavy atom. The Morgan fingerprint density at radius 2 is 1.82 bits per heavy atom. The third-order valence-electron chi connectivity index (χ3n) is 6.14. The van der Waals surface area contributed by atoms with Crippen LogP contribution in [0.4, 0.5) is 0 Å². The van der Waals surface area contributed by atoms with Crippen LogP contribution in [0.15, 0.2) is 70.6 Å². The molecule has 1 atom stereocenters. The fourth-order valence-electron chi connectivity index (χ4n) is 4.09. The Kier molecular flexibility index (Phi) is 7.90. The minimum atomic E-state index is -1.04. The van der Waals surface area contributed by atoms with Crippen molar-refractivity contribution in [2.75, 3.05) is 6.61 Å². The Morgan fingerprint density at radius 3 is 2.47 bits per heavy atom. The quantitative estimate of drug-likeness (QED) is 0.291. The minimum absolute atomic E-state index is 0.199. The van der Waals surface area contributed by atoms with Gasteiger partial charge in [0, 0.05) is 5.56 Å². The zero-order chi connectivity index (χ0) is 27.4. The van der Waals surface area contributed by atoms with Crippen LogP contribution in [0.1, 0.15) is 50.3 Å². The van der Waals surface area contributed by atoms with E-state index in [-0.39, 0.29) is 11.5 Å². The van der Waals surface area contributed by atoms with E-state index in [2.05, 4.69) is 18.9 Å². The number of carboxylic acid groups (broad SMARTS) is 1. The largest absolute Gasteiger partial charge is 0.494 e. The van der Waals surface area contributed by atoms with E-state index in [0.29, 0.717) is 34.6 Å². The SMILES string of the molecule is CCOc1cc(C)c(-c2nc3ccccc3c(=O)n2N=Cc2ccc(O[C@@H](C)C(=O)O)cc2)cc1C(C)C. The summed E-state index contributed by atoms with van der Waals surface area (Å²) in [5.74, 6) is 0.832. The summed E-state index contributed by atoms with van der Waals surface area (Å²) < 4.78 is 12.6. The van der Waals surface area contributed by atoms with E-state index in [1.165, 1.54) is 11.6 Å². The molecule has 0 aliphatic rings. The fraction of sp³-hybridized carbons (Fsp3) is 0.267. The number of aryl methyl sites for hydroxylation is 1. The van der Waals surface area contributed by atoms with Crippen molar-refractivity contribution in [1.29, 1.82) is 0 Å². The summed E-state index contributed by atoms with van der Waals surface area (Å²) in [5, 5.41) is 14.1. The number of para-hydroxylation sites is 1. The van der Waals surface area contributed by atoms with Crippen molar-refractivity contribution in [3.05, 3.63) is 87.7 Å².